The first-order valence-corrected chi connectivity index (χ1v) is 8.74. The lowest BCUT2D eigenvalue weighted by atomic mass is 9.61. The summed E-state index contributed by atoms with van der Waals surface area (Å²) < 4.78 is 0.712. The summed E-state index contributed by atoms with van der Waals surface area (Å²) in [5, 5.41) is 11.2. The fourth-order valence-electron chi connectivity index (χ4n) is 4.50. The largest absolute Gasteiger partial charge is 0.619 e. The van der Waals surface area contributed by atoms with Crippen LogP contribution in [0.25, 0.3) is 0 Å². The highest BCUT2D eigenvalue weighted by Gasteiger charge is 2.54. The summed E-state index contributed by atoms with van der Waals surface area (Å²) in [5.41, 5.74) is 2.06. The lowest BCUT2D eigenvalue weighted by Gasteiger charge is -2.59. The number of carbonyl (C=O) groups excluding carboxylic acids is 1. The van der Waals surface area contributed by atoms with Crippen LogP contribution in [0, 0.1) is 10.6 Å². The Hall–Kier alpha value is -2.36. The molecule has 1 aliphatic carbocycles. The molecule has 2 aromatic rings. The molecule has 2 aliphatic rings. The van der Waals surface area contributed by atoms with Gasteiger partial charge in [-0.25, -0.2) is 0 Å². The zero-order valence-corrected chi connectivity index (χ0v) is 13.7. The second kappa shape index (κ2) is 5.93. The highest BCUT2D eigenvalue weighted by molar-refractivity contribution is 5.95. The molecule has 2 heterocycles. The summed E-state index contributed by atoms with van der Waals surface area (Å²) in [4.78, 5) is 15.0. The maximum atomic E-state index is 13.0. The molecule has 1 aromatic carbocycles. The smallest absolute Gasteiger partial charge is 0.254 e. The maximum Gasteiger partial charge on any atom is 0.254 e. The lowest BCUT2D eigenvalue weighted by Crippen LogP contribution is -2.61. The fraction of sp³-hybridized carbons (Fsp3) is 0.400. The highest BCUT2D eigenvalue weighted by atomic mass is 16.5. The molecule has 1 unspecified atom stereocenters. The highest BCUT2D eigenvalue weighted by Crippen LogP contribution is 2.57. The molecular formula is C20H22N2O2. The SMILES string of the molecule is O=C(c1cc[n+]([O-])cc1)N1CC2(CCCCC2)C1c1ccccc1. The summed E-state index contributed by atoms with van der Waals surface area (Å²) in [5.74, 6) is 0.0284. The molecule has 124 valence electrons. The Balaban J connectivity index is 1.65. The second-order valence-corrected chi connectivity index (χ2v) is 7.12. The van der Waals surface area contributed by atoms with Crippen molar-refractivity contribution in [1.29, 1.82) is 0 Å². The van der Waals surface area contributed by atoms with Gasteiger partial charge in [-0.1, -0.05) is 49.6 Å². The molecule has 1 spiro atoms. The Kier molecular flexibility index (Phi) is 3.75. The van der Waals surface area contributed by atoms with E-state index in [0.29, 0.717) is 10.3 Å². The van der Waals surface area contributed by atoms with Crippen LogP contribution in [0.15, 0.2) is 54.9 Å². The van der Waals surface area contributed by atoms with Crippen molar-refractivity contribution in [3.8, 4) is 0 Å². The summed E-state index contributed by atoms with van der Waals surface area (Å²) in [6.07, 6.45) is 9.00. The molecule has 0 radical (unpaired) electrons. The number of hydrogen-bond donors (Lipinski definition) is 0. The topological polar surface area (TPSA) is 47.2 Å². The van der Waals surface area contributed by atoms with Gasteiger partial charge in [-0.2, -0.15) is 4.73 Å². The van der Waals surface area contributed by atoms with Gasteiger partial charge in [0, 0.05) is 24.1 Å². The van der Waals surface area contributed by atoms with E-state index in [0.717, 1.165) is 6.54 Å². The normalized spacial score (nSPS) is 22.2. The monoisotopic (exact) mass is 322 g/mol. The Labute approximate surface area is 142 Å². The number of aromatic nitrogens is 1. The van der Waals surface area contributed by atoms with Crippen molar-refractivity contribution in [3.05, 3.63) is 71.2 Å². The second-order valence-electron chi connectivity index (χ2n) is 7.12. The molecule has 1 saturated heterocycles. The van der Waals surface area contributed by atoms with Gasteiger partial charge in [-0.3, -0.25) is 4.79 Å². The molecule has 1 aliphatic heterocycles. The molecule has 4 nitrogen and oxygen atoms in total. The Morgan fingerprint density at radius 1 is 1.04 bits per heavy atom. The summed E-state index contributed by atoms with van der Waals surface area (Å²) in [6, 6.07) is 13.8. The molecule has 1 amide bonds. The van der Waals surface area contributed by atoms with Crippen molar-refractivity contribution >= 4 is 5.91 Å². The van der Waals surface area contributed by atoms with Gasteiger partial charge in [0.15, 0.2) is 12.4 Å². The van der Waals surface area contributed by atoms with Crippen LogP contribution in [0.4, 0.5) is 0 Å². The van der Waals surface area contributed by atoms with Gasteiger partial charge in [0.2, 0.25) is 0 Å². The molecule has 1 saturated carbocycles. The molecule has 0 N–H and O–H groups in total. The number of likely N-dealkylation sites (tertiary alicyclic amines) is 1. The van der Waals surface area contributed by atoms with E-state index >= 15 is 0 Å². The number of nitrogens with zero attached hydrogens (tertiary/aromatic N) is 2. The maximum absolute atomic E-state index is 13.0. The number of pyridine rings is 1. The first-order valence-electron chi connectivity index (χ1n) is 8.74. The molecule has 1 atom stereocenters. The van der Waals surface area contributed by atoms with Crippen LogP contribution < -0.4 is 4.73 Å². The first kappa shape index (κ1) is 15.2. The molecular weight excluding hydrogens is 300 g/mol. The quantitative estimate of drug-likeness (QED) is 0.628. The van der Waals surface area contributed by atoms with Crippen LogP contribution in [0.1, 0.15) is 54.1 Å². The van der Waals surface area contributed by atoms with E-state index in [1.807, 2.05) is 11.0 Å². The van der Waals surface area contributed by atoms with Crippen LogP contribution >= 0.6 is 0 Å². The van der Waals surface area contributed by atoms with E-state index in [1.165, 1.54) is 50.1 Å². The first-order chi connectivity index (χ1) is 11.7. The molecule has 0 bridgehead atoms. The van der Waals surface area contributed by atoms with Crippen LogP contribution in [0.5, 0.6) is 0 Å². The van der Waals surface area contributed by atoms with Crippen molar-refractivity contribution in [2.75, 3.05) is 6.54 Å². The van der Waals surface area contributed by atoms with Gasteiger partial charge in [0.25, 0.3) is 5.91 Å². The molecule has 4 heteroatoms. The number of amides is 1. The van der Waals surface area contributed by atoms with Crippen molar-refractivity contribution in [1.82, 2.24) is 4.90 Å². The summed E-state index contributed by atoms with van der Waals surface area (Å²) in [6.45, 7) is 0.831. The third kappa shape index (κ3) is 2.46. The predicted molar refractivity (Wildman–Crippen MR) is 91.1 cm³/mol. The van der Waals surface area contributed by atoms with Crippen LogP contribution in [0.2, 0.25) is 0 Å². The van der Waals surface area contributed by atoms with Crippen molar-refractivity contribution in [2.45, 2.75) is 38.1 Å². The van der Waals surface area contributed by atoms with Crippen LogP contribution in [-0.4, -0.2) is 17.4 Å². The van der Waals surface area contributed by atoms with Gasteiger partial charge < -0.3 is 10.1 Å². The lowest BCUT2D eigenvalue weighted by molar-refractivity contribution is -0.605. The average Bonchev–Trinajstić information content (AvgIpc) is 2.62. The number of carbonyl (C=O) groups is 1. The molecule has 4 rings (SSSR count). The van der Waals surface area contributed by atoms with Gasteiger partial charge in [-0.05, 0) is 18.4 Å². The minimum Gasteiger partial charge on any atom is -0.619 e. The van der Waals surface area contributed by atoms with Crippen LogP contribution in [0.3, 0.4) is 0 Å². The summed E-state index contributed by atoms with van der Waals surface area (Å²) in [7, 11) is 0. The van der Waals surface area contributed by atoms with Crippen molar-refractivity contribution < 1.29 is 9.52 Å². The zero-order valence-electron chi connectivity index (χ0n) is 13.7. The standard InChI is InChI=1S/C20H22N2O2/c23-19(17-9-13-21(24)14-10-17)22-15-20(11-5-2-6-12-20)18(22)16-7-3-1-4-8-16/h1,3-4,7-10,13-14,18H,2,5-6,11-12,15H2. The van der Waals surface area contributed by atoms with E-state index in [1.54, 1.807) is 12.1 Å². The minimum absolute atomic E-state index is 0.0284. The van der Waals surface area contributed by atoms with Gasteiger partial charge in [0.05, 0.1) is 11.6 Å². The van der Waals surface area contributed by atoms with Crippen LogP contribution in [-0.2, 0) is 0 Å². The van der Waals surface area contributed by atoms with E-state index < -0.39 is 0 Å². The van der Waals surface area contributed by atoms with E-state index in [4.69, 9.17) is 0 Å². The Morgan fingerprint density at radius 2 is 1.71 bits per heavy atom. The van der Waals surface area contributed by atoms with E-state index in [9.17, 15) is 10.0 Å². The predicted octanol–water partition coefficient (Wildman–Crippen LogP) is 3.47. The molecule has 1 aromatic heterocycles. The summed E-state index contributed by atoms with van der Waals surface area (Å²) >= 11 is 0. The van der Waals surface area contributed by atoms with Crippen molar-refractivity contribution in [2.24, 2.45) is 5.41 Å². The Bertz CT molecular complexity index is 721. The average molecular weight is 322 g/mol. The zero-order chi connectivity index (χ0) is 16.6. The van der Waals surface area contributed by atoms with Gasteiger partial charge in [-0.15, -0.1) is 0 Å². The molecule has 24 heavy (non-hydrogen) atoms. The van der Waals surface area contributed by atoms with Crippen molar-refractivity contribution in [3.63, 3.8) is 0 Å². The van der Waals surface area contributed by atoms with Gasteiger partial charge in [0.1, 0.15) is 0 Å². The van der Waals surface area contributed by atoms with E-state index in [2.05, 4.69) is 24.3 Å². The fourth-order valence-corrected chi connectivity index (χ4v) is 4.50. The number of hydrogen-bond acceptors (Lipinski definition) is 2. The molecule has 2 fully saturated rings. The minimum atomic E-state index is 0.0284. The van der Waals surface area contributed by atoms with Gasteiger partial charge >= 0.3 is 0 Å². The van der Waals surface area contributed by atoms with E-state index in [-0.39, 0.29) is 17.4 Å². The number of rotatable bonds is 2. The Morgan fingerprint density at radius 3 is 2.38 bits per heavy atom. The third-order valence-corrected chi connectivity index (χ3v) is 5.65. The third-order valence-electron chi connectivity index (χ3n) is 5.65. The number of benzene rings is 1.